The fourth-order valence-electron chi connectivity index (χ4n) is 2.93. The van der Waals surface area contributed by atoms with Crippen molar-refractivity contribution in [2.24, 2.45) is 0 Å². The van der Waals surface area contributed by atoms with Gasteiger partial charge in [-0.15, -0.1) is 0 Å². The topological polar surface area (TPSA) is 6.48 Å². The van der Waals surface area contributed by atoms with Crippen molar-refractivity contribution in [2.45, 2.75) is 33.2 Å². The lowest BCUT2D eigenvalue weighted by Gasteiger charge is -2.38. The number of hydrogen-bond acceptors (Lipinski definition) is 2. The zero-order valence-electron chi connectivity index (χ0n) is 12.0. The summed E-state index contributed by atoms with van der Waals surface area (Å²) >= 11 is 0. The molecule has 0 radical (unpaired) electrons. The van der Waals surface area contributed by atoms with Crippen LogP contribution in [0.1, 0.15) is 37.9 Å². The molecular weight excluding hydrogens is 220 g/mol. The van der Waals surface area contributed by atoms with Gasteiger partial charge >= 0.3 is 0 Å². The molecule has 1 aliphatic rings. The SMILES string of the molecule is CCc1ccccc1C(C)N1CCN(CC)CC1. The van der Waals surface area contributed by atoms with Crippen LogP contribution in [0.15, 0.2) is 24.3 Å². The molecule has 1 aromatic rings. The molecule has 0 saturated carbocycles. The smallest absolute Gasteiger partial charge is 0.0323 e. The lowest BCUT2D eigenvalue weighted by atomic mass is 9.98. The van der Waals surface area contributed by atoms with Gasteiger partial charge in [0.1, 0.15) is 0 Å². The molecule has 1 saturated heterocycles. The van der Waals surface area contributed by atoms with E-state index in [0.717, 1.165) is 6.42 Å². The molecule has 0 amide bonds. The Labute approximate surface area is 112 Å². The molecule has 0 spiro atoms. The van der Waals surface area contributed by atoms with Gasteiger partial charge in [0, 0.05) is 32.2 Å². The van der Waals surface area contributed by atoms with E-state index < -0.39 is 0 Å². The first-order chi connectivity index (χ1) is 8.76. The Hall–Kier alpha value is -0.860. The molecule has 2 heteroatoms. The number of likely N-dealkylation sites (N-methyl/N-ethyl adjacent to an activating group) is 1. The lowest BCUT2D eigenvalue weighted by molar-refractivity contribution is 0.106. The number of piperazine rings is 1. The van der Waals surface area contributed by atoms with Gasteiger partial charge in [-0.05, 0) is 31.0 Å². The van der Waals surface area contributed by atoms with E-state index in [1.165, 1.54) is 43.9 Å². The predicted octanol–water partition coefficient (Wildman–Crippen LogP) is 2.95. The average Bonchev–Trinajstić information content (AvgIpc) is 2.46. The van der Waals surface area contributed by atoms with Crippen LogP contribution in [0.3, 0.4) is 0 Å². The van der Waals surface area contributed by atoms with Crippen LogP contribution in [0, 0.1) is 0 Å². The van der Waals surface area contributed by atoms with Gasteiger partial charge in [0.2, 0.25) is 0 Å². The standard InChI is InChI=1S/C16H26N2/c1-4-15-8-6-7-9-16(15)14(3)18-12-10-17(5-2)11-13-18/h6-9,14H,4-5,10-13H2,1-3H3. The van der Waals surface area contributed by atoms with E-state index in [1.807, 2.05) is 0 Å². The highest BCUT2D eigenvalue weighted by Gasteiger charge is 2.22. The van der Waals surface area contributed by atoms with Gasteiger partial charge in [-0.3, -0.25) is 4.90 Å². The maximum absolute atomic E-state index is 2.63. The van der Waals surface area contributed by atoms with Gasteiger partial charge in [-0.25, -0.2) is 0 Å². The minimum atomic E-state index is 0.556. The summed E-state index contributed by atoms with van der Waals surface area (Å²) < 4.78 is 0. The third kappa shape index (κ3) is 2.93. The molecule has 0 N–H and O–H groups in total. The molecular formula is C16H26N2. The number of aryl methyl sites for hydroxylation is 1. The van der Waals surface area contributed by atoms with Gasteiger partial charge in [-0.2, -0.15) is 0 Å². The second kappa shape index (κ2) is 6.35. The Balaban J connectivity index is 2.05. The summed E-state index contributed by atoms with van der Waals surface area (Å²) in [5.74, 6) is 0. The summed E-state index contributed by atoms with van der Waals surface area (Å²) in [4.78, 5) is 5.16. The monoisotopic (exact) mass is 246 g/mol. The molecule has 1 atom stereocenters. The Morgan fingerprint density at radius 1 is 1.06 bits per heavy atom. The molecule has 1 aliphatic heterocycles. The van der Waals surface area contributed by atoms with E-state index in [0.29, 0.717) is 6.04 Å². The summed E-state index contributed by atoms with van der Waals surface area (Å²) in [5.41, 5.74) is 3.02. The lowest BCUT2D eigenvalue weighted by Crippen LogP contribution is -2.46. The molecule has 2 rings (SSSR count). The largest absolute Gasteiger partial charge is 0.301 e. The van der Waals surface area contributed by atoms with Crippen LogP contribution < -0.4 is 0 Å². The average molecular weight is 246 g/mol. The quantitative estimate of drug-likeness (QED) is 0.806. The van der Waals surface area contributed by atoms with Crippen LogP contribution in [-0.2, 0) is 6.42 Å². The second-order valence-electron chi connectivity index (χ2n) is 5.20. The Morgan fingerprint density at radius 2 is 1.72 bits per heavy atom. The van der Waals surface area contributed by atoms with Crippen LogP contribution in [0.4, 0.5) is 0 Å². The maximum Gasteiger partial charge on any atom is 0.0323 e. The first-order valence-corrected chi connectivity index (χ1v) is 7.30. The molecule has 1 fully saturated rings. The van der Waals surface area contributed by atoms with Gasteiger partial charge in [0.05, 0.1) is 0 Å². The van der Waals surface area contributed by atoms with Gasteiger partial charge in [0.15, 0.2) is 0 Å². The van der Waals surface area contributed by atoms with Crippen molar-refractivity contribution in [1.29, 1.82) is 0 Å². The molecule has 2 nitrogen and oxygen atoms in total. The van der Waals surface area contributed by atoms with E-state index in [-0.39, 0.29) is 0 Å². The third-order valence-electron chi connectivity index (χ3n) is 4.29. The summed E-state index contributed by atoms with van der Waals surface area (Å²) in [5, 5.41) is 0. The minimum absolute atomic E-state index is 0.556. The highest BCUT2D eigenvalue weighted by Crippen LogP contribution is 2.25. The predicted molar refractivity (Wildman–Crippen MR) is 77.9 cm³/mol. The first-order valence-electron chi connectivity index (χ1n) is 7.30. The van der Waals surface area contributed by atoms with Crippen LogP contribution in [-0.4, -0.2) is 42.5 Å². The molecule has 1 unspecified atom stereocenters. The van der Waals surface area contributed by atoms with Gasteiger partial charge in [-0.1, -0.05) is 38.1 Å². The highest BCUT2D eigenvalue weighted by molar-refractivity contribution is 5.29. The molecule has 0 bridgehead atoms. The van der Waals surface area contributed by atoms with Crippen molar-refractivity contribution < 1.29 is 0 Å². The molecule has 100 valence electrons. The van der Waals surface area contributed by atoms with Crippen molar-refractivity contribution in [1.82, 2.24) is 9.80 Å². The van der Waals surface area contributed by atoms with Gasteiger partial charge < -0.3 is 4.90 Å². The fourth-order valence-corrected chi connectivity index (χ4v) is 2.93. The summed E-state index contributed by atoms with van der Waals surface area (Å²) in [6.45, 7) is 12.9. The van der Waals surface area contributed by atoms with E-state index in [4.69, 9.17) is 0 Å². The highest BCUT2D eigenvalue weighted by atomic mass is 15.3. The number of nitrogens with zero attached hydrogens (tertiary/aromatic N) is 2. The summed E-state index contributed by atoms with van der Waals surface area (Å²) in [7, 11) is 0. The molecule has 0 aliphatic carbocycles. The Morgan fingerprint density at radius 3 is 2.33 bits per heavy atom. The first kappa shape index (κ1) is 13.6. The maximum atomic E-state index is 2.63. The van der Waals surface area contributed by atoms with Crippen LogP contribution >= 0.6 is 0 Å². The van der Waals surface area contributed by atoms with Crippen molar-refractivity contribution in [3.8, 4) is 0 Å². The van der Waals surface area contributed by atoms with Crippen molar-refractivity contribution in [3.63, 3.8) is 0 Å². The van der Waals surface area contributed by atoms with Crippen LogP contribution in [0.2, 0.25) is 0 Å². The Kier molecular flexibility index (Phi) is 4.79. The van der Waals surface area contributed by atoms with E-state index >= 15 is 0 Å². The van der Waals surface area contributed by atoms with E-state index in [9.17, 15) is 0 Å². The zero-order chi connectivity index (χ0) is 13.0. The second-order valence-corrected chi connectivity index (χ2v) is 5.20. The molecule has 18 heavy (non-hydrogen) atoms. The summed E-state index contributed by atoms with van der Waals surface area (Å²) in [6.07, 6.45) is 1.13. The zero-order valence-corrected chi connectivity index (χ0v) is 12.0. The van der Waals surface area contributed by atoms with Gasteiger partial charge in [0.25, 0.3) is 0 Å². The number of rotatable bonds is 4. The van der Waals surface area contributed by atoms with E-state index in [2.05, 4.69) is 54.8 Å². The number of benzene rings is 1. The Bertz CT molecular complexity index is 367. The third-order valence-corrected chi connectivity index (χ3v) is 4.29. The number of hydrogen-bond donors (Lipinski definition) is 0. The fraction of sp³-hybridized carbons (Fsp3) is 0.625. The van der Waals surface area contributed by atoms with Crippen molar-refractivity contribution >= 4 is 0 Å². The van der Waals surface area contributed by atoms with E-state index in [1.54, 1.807) is 0 Å². The van der Waals surface area contributed by atoms with Crippen molar-refractivity contribution in [3.05, 3.63) is 35.4 Å². The summed E-state index contributed by atoms with van der Waals surface area (Å²) in [6, 6.07) is 9.46. The van der Waals surface area contributed by atoms with Crippen molar-refractivity contribution in [2.75, 3.05) is 32.7 Å². The minimum Gasteiger partial charge on any atom is -0.301 e. The van der Waals surface area contributed by atoms with Crippen LogP contribution in [0.25, 0.3) is 0 Å². The van der Waals surface area contributed by atoms with Crippen LogP contribution in [0.5, 0.6) is 0 Å². The molecule has 1 heterocycles. The normalized spacial score (nSPS) is 19.9. The molecule has 1 aromatic carbocycles. The molecule has 0 aromatic heterocycles.